The number of aromatic carboxylic acids is 1. The van der Waals surface area contributed by atoms with Gasteiger partial charge in [-0.3, -0.25) is 19.1 Å². The molecule has 0 aromatic carbocycles. The molecule has 25 heavy (non-hydrogen) atoms. The molecule has 1 amide bonds. The lowest BCUT2D eigenvalue weighted by atomic mass is 10.2. The van der Waals surface area contributed by atoms with Gasteiger partial charge in [-0.1, -0.05) is 0 Å². The lowest BCUT2D eigenvalue weighted by molar-refractivity contribution is 0.0603. The number of rotatable bonds is 4. The Hall–Kier alpha value is -2.68. The van der Waals surface area contributed by atoms with Gasteiger partial charge in [0.25, 0.3) is 5.91 Å². The minimum Gasteiger partial charge on any atom is -0.478 e. The third-order valence-corrected chi connectivity index (χ3v) is 4.43. The second kappa shape index (κ2) is 6.67. The molecule has 3 rings (SSSR count). The van der Waals surface area contributed by atoms with E-state index in [0.29, 0.717) is 13.1 Å². The van der Waals surface area contributed by atoms with Crippen LogP contribution in [0, 0.1) is 6.92 Å². The number of aromatic nitrogens is 4. The van der Waals surface area contributed by atoms with E-state index >= 15 is 0 Å². The van der Waals surface area contributed by atoms with Gasteiger partial charge in [-0.2, -0.15) is 10.2 Å². The smallest absolute Gasteiger partial charge is 0.339 e. The van der Waals surface area contributed by atoms with Crippen molar-refractivity contribution in [3.8, 4) is 0 Å². The molecule has 1 fully saturated rings. The van der Waals surface area contributed by atoms with Gasteiger partial charge in [0, 0.05) is 64.8 Å². The molecule has 0 bridgehead atoms. The van der Waals surface area contributed by atoms with E-state index in [1.54, 1.807) is 16.6 Å². The van der Waals surface area contributed by atoms with Crippen molar-refractivity contribution >= 4 is 11.9 Å². The Kier molecular flexibility index (Phi) is 4.58. The molecule has 1 N–H and O–H groups in total. The Morgan fingerprint density at radius 1 is 1.08 bits per heavy atom. The van der Waals surface area contributed by atoms with E-state index < -0.39 is 5.97 Å². The van der Waals surface area contributed by atoms with Crippen LogP contribution in [-0.2, 0) is 20.6 Å². The normalized spacial score (nSPS) is 15.6. The summed E-state index contributed by atoms with van der Waals surface area (Å²) in [6, 6.07) is 0. The van der Waals surface area contributed by atoms with Gasteiger partial charge < -0.3 is 10.0 Å². The van der Waals surface area contributed by atoms with Gasteiger partial charge in [0.2, 0.25) is 0 Å². The molecule has 0 radical (unpaired) electrons. The number of carbonyl (C=O) groups is 2. The Labute approximate surface area is 145 Å². The number of nitrogens with zero attached hydrogens (tertiary/aromatic N) is 6. The zero-order valence-electron chi connectivity index (χ0n) is 14.6. The van der Waals surface area contributed by atoms with Crippen molar-refractivity contribution in [2.45, 2.75) is 13.5 Å². The summed E-state index contributed by atoms with van der Waals surface area (Å²) in [7, 11) is 3.51. The molecule has 1 saturated heterocycles. The molecule has 3 heterocycles. The third kappa shape index (κ3) is 3.55. The van der Waals surface area contributed by atoms with Crippen LogP contribution in [0.2, 0.25) is 0 Å². The SMILES string of the molecule is Cc1nn(C)cc1CN1CCN(C(=O)c2nn(C)cc2C(=O)O)CC1. The zero-order valence-corrected chi connectivity index (χ0v) is 14.6. The fourth-order valence-corrected chi connectivity index (χ4v) is 3.11. The highest BCUT2D eigenvalue weighted by molar-refractivity contribution is 6.03. The quantitative estimate of drug-likeness (QED) is 0.845. The van der Waals surface area contributed by atoms with Gasteiger partial charge in [0.1, 0.15) is 5.56 Å². The largest absolute Gasteiger partial charge is 0.478 e. The summed E-state index contributed by atoms with van der Waals surface area (Å²) in [5.41, 5.74) is 2.15. The lowest BCUT2D eigenvalue weighted by Gasteiger charge is -2.34. The summed E-state index contributed by atoms with van der Waals surface area (Å²) < 4.78 is 3.16. The van der Waals surface area contributed by atoms with Crippen LogP contribution in [0.4, 0.5) is 0 Å². The average molecular weight is 346 g/mol. The molecular formula is C16H22N6O3. The first-order valence-electron chi connectivity index (χ1n) is 8.13. The van der Waals surface area contributed by atoms with Gasteiger partial charge in [0.15, 0.2) is 5.69 Å². The average Bonchev–Trinajstić information content (AvgIpc) is 3.10. The third-order valence-electron chi connectivity index (χ3n) is 4.43. The van der Waals surface area contributed by atoms with Gasteiger partial charge in [-0.25, -0.2) is 4.79 Å². The van der Waals surface area contributed by atoms with Gasteiger partial charge >= 0.3 is 5.97 Å². The van der Waals surface area contributed by atoms with Crippen molar-refractivity contribution in [2.24, 2.45) is 14.1 Å². The number of hydrogen-bond donors (Lipinski definition) is 1. The van der Waals surface area contributed by atoms with Crippen LogP contribution in [0.15, 0.2) is 12.4 Å². The molecule has 2 aromatic heterocycles. The highest BCUT2D eigenvalue weighted by atomic mass is 16.4. The van der Waals surface area contributed by atoms with E-state index in [9.17, 15) is 14.7 Å². The first kappa shape index (κ1) is 17.2. The number of carboxylic acids is 1. The van der Waals surface area contributed by atoms with E-state index in [-0.39, 0.29) is 17.2 Å². The van der Waals surface area contributed by atoms with Crippen molar-refractivity contribution in [2.75, 3.05) is 26.2 Å². The standard InChI is InChI=1S/C16H22N6O3/c1-11-12(8-19(2)17-11)9-21-4-6-22(7-5-21)15(23)14-13(16(24)25)10-20(3)18-14/h8,10H,4-7,9H2,1-3H3,(H,24,25). The molecule has 0 unspecified atom stereocenters. The van der Waals surface area contributed by atoms with E-state index in [1.165, 1.54) is 16.4 Å². The number of hydrogen-bond acceptors (Lipinski definition) is 5. The number of carboxylic acid groups (broad SMARTS) is 1. The predicted molar refractivity (Wildman–Crippen MR) is 89.3 cm³/mol. The molecule has 0 atom stereocenters. The Bertz CT molecular complexity index is 801. The molecule has 0 aliphatic carbocycles. The van der Waals surface area contributed by atoms with Crippen molar-refractivity contribution < 1.29 is 14.7 Å². The zero-order chi connectivity index (χ0) is 18.1. The minimum absolute atomic E-state index is 0.00607. The fourth-order valence-electron chi connectivity index (χ4n) is 3.11. The number of aryl methyl sites for hydroxylation is 3. The maximum absolute atomic E-state index is 12.6. The van der Waals surface area contributed by atoms with Gasteiger partial charge in [-0.15, -0.1) is 0 Å². The molecule has 134 valence electrons. The van der Waals surface area contributed by atoms with E-state index in [0.717, 1.165) is 25.3 Å². The number of piperazine rings is 1. The molecule has 0 spiro atoms. The van der Waals surface area contributed by atoms with Crippen LogP contribution < -0.4 is 0 Å². The highest BCUT2D eigenvalue weighted by Crippen LogP contribution is 2.15. The van der Waals surface area contributed by atoms with E-state index in [4.69, 9.17) is 0 Å². The lowest BCUT2D eigenvalue weighted by Crippen LogP contribution is -2.48. The minimum atomic E-state index is -1.14. The first-order valence-corrected chi connectivity index (χ1v) is 8.13. The summed E-state index contributed by atoms with van der Waals surface area (Å²) >= 11 is 0. The molecule has 0 saturated carbocycles. The topological polar surface area (TPSA) is 96.5 Å². The second-order valence-electron chi connectivity index (χ2n) is 6.35. The van der Waals surface area contributed by atoms with Crippen LogP contribution in [-0.4, -0.2) is 72.5 Å². The van der Waals surface area contributed by atoms with Crippen LogP contribution in [0.1, 0.15) is 32.1 Å². The van der Waals surface area contributed by atoms with Crippen LogP contribution >= 0.6 is 0 Å². The van der Waals surface area contributed by atoms with Crippen molar-refractivity contribution in [3.63, 3.8) is 0 Å². The summed E-state index contributed by atoms with van der Waals surface area (Å²) in [4.78, 5) is 27.8. The van der Waals surface area contributed by atoms with Crippen LogP contribution in [0.25, 0.3) is 0 Å². The molecule has 9 nitrogen and oxygen atoms in total. The fraction of sp³-hybridized carbons (Fsp3) is 0.500. The maximum atomic E-state index is 12.6. The summed E-state index contributed by atoms with van der Waals surface area (Å²) in [6.07, 6.45) is 3.37. The molecule has 9 heteroatoms. The first-order chi connectivity index (χ1) is 11.8. The molecule has 1 aliphatic heterocycles. The summed E-state index contributed by atoms with van der Waals surface area (Å²) in [6.45, 7) is 5.35. The van der Waals surface area contributed by atoms with Crippen molar-refractivity contribution in [1.82, 2.24) is 29.4 Å². The Balaban J connectivity index is 1.63. The van der Waals surface area contributed by atoms with Crippen molar-refractivity contribution in [1.29, 1.82) is 0 Å². The monoisotopic (exact) mass is 346 g/mol. The summed E-state index contributed by atoms with van der Waals surface area (Å²) in [5.74, 6) is -1.46. The molecule has 2 aromatic rings. The van der Waals surface area contributed by atoms with E-state index in [1.807, 2.05) is 20.2 Å². The maximum Gasteiger partial charge on any atom is 0.339 e. The Morgan fingerprint density at radius 2 is 1.72 bits per heavy atom. The van der Waals surface area contributed by atoms with Gasteiger partial charge in [-0.05, 0) is 6.92 Å². The van der Waals surface area contributed by atoms with Gasteiger partial charge in [0.05, 0.1) is 5.69 Å². The second-order valence-corrected chi connectivity index (χ2v) is 6.35. The van der Waals surface area contributed by atoms with Crippen molar-refractivity contribution in [3.05, 3.63) is 34.9 Å². The van der Waals surface area contributed by atoms with E-state index in [2.05, 4.69) is 15.1 Å². The highest BCUT2D eigenvalue weighted by Gasteiger charge is 2.28. The van der Waals surface area contributed by atoms with Crippen LogP contribution in [0.3, 0.4) is 0 Å². The summed E-state index contributed by atoms with van der Waals surface area (Å²) in [5, 5.41) is 17.6. The number of amides is 1. The molecule has 1 aliphatic rings. The Morgan fingerprint density at radius 3 is 2.28 bits per heavy atom. The predicted octanol–water partition coefficient (Wildman–Crippen LogP) is 0.118. The van der Waals surface area contributed by atoms with Crippen LogP contribution in [0.5, 0.6) is 0 Å². The number of carbonyl (C=O) groups excluding carboxylic acids is 1. The molecular weight excluding hydrogens is 324 g/mol.